The minimum absolute atomic E-state index is 0.0526. The molecule has 2 nitrogen and oxygen atoms in total. The molecule has 0 aromatic rings. The molecule has 0 heterocycles. The van der Waals surface area contributed by atoms with Gasteiger partial charge in [0.15, 0.2) is 0 Å². The lowest BCUT2D eigenvalue weighted by molar-refractivity contribution is -0.0127. The van der Waals surface area contributed by atoms with Crippen molar-refractivity contribution in [2.24, 2.45) is 10.8 Å². The maximum atomic E-state index is 9.39. The van der Waals surface area contributed by atoms with Gasteiger partial charge in [0.2, 0.25) is 0 Å². The van der Waals surface area contributed by atoms with Crippen LogP contribution < -0.4 is 0 Å². The van der Waals surface area contributed by atoms with Gasteiger partial charge in [0.1, 0.15) is 0 Å². The first kappa shape index (κ1) is 11.0. The number of hydrogen-bond acceptors (Lipinski definition) is 2. The molecular weight excluding hydrogens is 164 g/mol. The zero-order valence-corrected chi connectivity index (χ0v) is 8.84. The normalized spacial score (nSPS) is 40.6. The minimum atomic E-state index is 0.0526. The second-order valence-corrected chi connectivity index (χ2v) is 5.01. The van der Waals surface area contributed by atoms with Crippen molar-refractivity contribution in [3.05, 3.63) is 0 Å². The van der Waals surface area contributed by atoms with Crippen molar-refractivity contribution in [3.8, 4) is 0 Å². The van der Waals surface area contributed by atoms with Crippen molar-refractivity contribution in [2.75, 3.05) is 13.2 Å². The van der Waals surface area contributed by atoms with Crippen molar-refractivity contribution in [3.63, 3.8) is 0 Å². The van der Waals surface area contributed by atoms with Crippen LogP contribution in [0.5, 0.6) is 0 Å². The third-order valence-corrected chi connectivity index (χ3v) is 3.76. The van der Waals surface area contributed by atoms with E-state index in [9.17, 15) is 10.2 Å². The molecule has 1 aliphatic rings. The molecule has 1 aliphatic carbocycles. The molecule has 13 heavy (non-hydrogen) atoms. The Kier molecular flexibility index (Phi) is 3.36. The quantitative estimate of drug-likeness (QED) is 0.707. The highest BCUT2D eigenvalue weighted by Gasteiger charge is 2.40. The highest BCUT2D eigenvalue weighted by molar-refractivity contribution is 4.91. The van der Waals surface area contributed by atoms with Crippen LogP contribution in [0.1, 0.15) is 46.0 Å². The predicted octanol–water partition coefficient (Wildman–Crippen LogP) is 1.95. The SMILES string of the molecule is CCC1(CO)CCCC(C)(CO)C1. The van der Waals surface area contributed by atoms with E-state index in [0.29, 0.717) is 0 Å². The molecule has 0 bridgehead atoms. The number of hydrogen-bond donors (Lipinski definition) is 2. The Bertz CT molecular complexity index is 163. The van der Waals surface area contributed by atoms with Crippen LogP contribution in [0, 0.1) is 10.8 Å². The van der Waals surface area contributed by atoms with Crippen molar-refractivity contribution in [1.82, 2.24) is 0 Å². The maximum Gasteiger partial charge on any atom is 0.0487 e. The second kappa shape index (κ2) is 3.97. The Balaban J connectivity index is 2.69. The van der Waals surface area contributed by atoms with Crippen molar-refractivity contribution in [2.45, 2.75) is 46.0 Å². The van der Waals surface area contributed by atoms with E-state index in [2.05, 4.69) is 13.8 Å². The Hall–Kier alpha value is -0.0800. The first-order chi connectivity index (χ1) is 6.10. The average Bonchev–Trinajstić information content (AvgIpc) is 2.18. The lowest BCUT2D eigenvalue weighted by Gasteiger charge is -2.44. The molecule has 0 saturated heterocycles. The standard InChI is InChI=1S/C11H22O2/c1-3-11(9-13)6-4-5-10(2,7-11)8-12/h12-13H,3-9H2,1-2H3. The fourth-order valence-corrected chi connectivity index (χ4v) is 2.66. The van der Waals surface area contributed by atoms with E-state index in [0.717, 1.165) is 32.1 Å². The Morgan fingerprint density at radius 3 is 2.31 bits per heavy atom. The molecule has 1 saturated carbocycles. The van der Waals surface area contributed by atoms with Gasteiger partial charge in [-0.05, 0) is 36.5 Å². The molecule has 0 aromatic heterocycles. The van der Waals surface area contributed by atoms with E-state index in [1.54, 1.807) is 0 Å². The van der Waals surface area contributed by atoms with E-state index in [-0.39, 0.29) is 24.0 Å². The summed E-state index contributed by atoms with van der Waals surface area (Å²) in [6.45, 7) is 4.80. The summed E-state index contributed by atoms with van der Waals surface area (Å²) in [5.74, 6) is 0. The fourth-order valence-electron chi connectivity index (χ4n) is 2.66. The van der Waals surface area contributed by atoms with Gasteiger partial charge < -0.3 is 10.2 Å². The molecule has 78 valence electrons. The molecular formula is C11H22O2. The van der Waals surface area contributed by atoms with Gasteiger partial charge in [-0.15, -0.1) is 0 Å². The lowest BCUT2D eigenvalue weighted by atomic mass is 9.62. The first-order valence-corrected chi connectivity index (χ1v) is 5.31. The van der Waals surface area contributed by atoms with Gasteiger partial charge in [0.25, 0.3) is 0 Å². The molecule has 2 atom stereocenters. The summed E-state index contributed by atoms with van der Waals surface area (Å²) in [4.78, 5) is 0. The van der Waals surface area contributed by atoms with Crippen molar-refractivity contribution < 1.29 is 10.2 Å². The monoisotopic (exact) mass is 186 g/mol. The molecule has 0 spiro atoms. The van der Waals surface area contributed by atoms with Crippen molar-refractivity contribution >= 4 is 0 Å². The van der Waals surface area contributed by atoms with E-state index in [1.165, 1.54) is 0 Å². The Morgan fingerprint density at radius 2 is 1.85 bits per heavy atom. The summed E-state index contributed by atoms with van der Waals surface area (Å²) < 4.78 is 0. The smallest absolute Gasteiger partial charge is 0.0487 e. The Morgan fingerprint density at radius 1 is 1.15 bits per heavy atom. The summed E-state index contributed by atoms with van der Waals surface area (Å²) in [7, 11) is 0. The molecule has 1 fully saturated rings. The Labute approximate surface area is 81.0 Å². The molecule has 2 unspecified atom stereocenters. The second-order valence-electron chi connectivity index (χ2n) is 5.01. The largest absolute Gasteiger partial charge is 0.396 e. The molecule has 2 N–H and O–H groups in total. The summed E-state index contributed by atoms with van der Waals surface area (Å²) in [5, 5.41) is 18.7. The van der Waals surface area contributed by atoms with Crippen molar-refractivity contribution in [1.29, 1.82) is 0 Å². The van der Waals surface area contributed by atoms with Gasteiger partial charge in [0, 0.05) is 13.2 Å². The summed E-state index contributed by atoms with van der Waals surface area (Å²) >= 11 is 0. The highest BCUT2D eigenvalue weighted by Crippen LogP contribution is 2.47. The minimum Gasteiger partial charge on any atom is -0.396 e. The van der Waals surface area contributed by atoms with Gasteiger partial charge in [-0.1, -0.05) is 20.3 Å². The van der Waals surface area contributed by atoms with Crippen LogP contribution in [0.15, 0.2) is 0 Å². The molecule has 0 amide bonds. The van der Waals surface area contributed by atoms with Gasteiger partial charge >= 0.3 is 0 Å². The third kappa shape index (κ3) is 2.23. The molecule has 0 aliphatic heterocycles. The maximum absolute atomic E-state index is 9.39. The molecule has 0 aromatic carbocycles. The van der Waals surface area contributed by atoms with Crippen LogP contribution in [0.3, 0.4) is 0 Å². The first-order valence-electron chi connectivity index (χ1n) is 5.31. The topological polar surface area (TPSA) is 40.5 Å². The predicted molar refractivity (Wildman–Crippen MR) is 53.5 cm³/mol. The zero-order chi connectivity index (χ0) is 9.95. The van der Waals surface area contributed by atoms with Crippen LogP contribution in [-0.4, -0.2) is 23.4 Å². The van der Waals surface area contributed by atoms with E-state index in [1.807, 2.05) is 0 Å². The van der Waals surface area contributed by atoms with Crippen LogP contribution in [0.4, 0.5) is 0 Å². The average molecular weight is 186 g/mol. The van der Waals surface area contributed by atoms with Crippen LogP contribution >= 0.6 is 0 Å². The van der Waals surface area contributed by atoms with Gasteiger partial charge in [-0.25, -0.2) is 0 Å². The van der Waals surface area contributed by atoms with Crippen LogP contribution in [-0.2, 0) is 0 Å². The van der Waals surface area contributed by atoms with E-state index in [4.69, 9.17) is 0 Å². The van der Waals surface area contributed by atoms with Crippen LogP contribution in [0.25, 0.3) is 0 Å². The van der Waals surface area contributed by atoms with Gasteiger partial charge in [-0.2, -0.15) is 0 Å². The lowest BCUT2D eigenvalue weighted by Crippen LogP contribution is -2.38. The van der Waals surface area contributed by atoms with E-state index < -0.39 is 0 Å². The summed E-state index contributed by atoms with van der Waals surface area (Å²) in [6, 6.07) is 0. The van der Waals surface area contributed by atoms with Crippen LogP contribution in [0.2, 0.25) is 0 Å². The highest BCUT2D eigenvalue weighted by atomic mass is 16.3. The number of aliphatic hydroxyl groups is 2. The number of rotatable bonds is 3. The molecule has 2 heteroatoms. The molecule has 1 rings (SSSR count). The summed E-state index contributed by atoms with van der Waals surface area (Å²) in [6.07, 6.45) is 5.37. The van der Waals surface area contributed by atoms with E-state index >= 15 is 0 Å². The van der Waals surface area contributed by atoms with Gasteiger partial charge in [-0.3, -0.25) is 0 Å². The number of aliphatic hydroxyl groups excluding tert-OH is 2. The zero-order valence-electron chi connectivity index (χ0n) is 8.84. The van der Waals surface area contributed by atoms with Gasteiger partial charge in [0.05, 0.1) is 0 Å². The summed E-state index contributed by atoms with van der Waals surface area (Å²) in [5.41, 5.74) is 0.146. The molecule has 0 radical (unpaired) electrons. The fraction of sp³-hybridized carbons (Fsp3) is 1.00. The third-order valence-electron chi connectivity index (χ3n) is 3.76.